The van der Waals surface area contributed by atoms with Crippen LogP contribution in [0.5, 0.6) is 0 Å². The summed E-state index contributed by atoms with van der Waals surface area (Å²) in [4.78, 5) is 0.413. The van der Waals surface area contributed by atoms with Crippen LogP contribution in [0.1, 0.15) is 0 Å². The maximum atomic E-state index is 14.5. The zero-order valence-electron chi connectivity index (χ0n) is 14.6. The Hall–Kier alpha value is -1.19. The lowest BCUT2D eigenvalue weighted by atomic mass is 10.2. The molecule has 0 saturated carbocycles. The number of aromatic nitrogens is 1. The quantitative estimate of drug-likeness (QED) is 0.231. The van der Waals surface area contributed by atoms with Gasteiger partial charge in [0.25, 0.3) is 0 Å². The maximum Gasteiger partial charge on any atom is 0.157 e. The van der Waals surface area contributed by atoms with Crippen LogP contribution < -0.4 is 4.31 Å². The van der Waals surface area contributed by atoms with Gasteiger partial charge in [-0.3, -0.25) is 4.31 Å². The minimum Gasteiger partial charge on any atom is -0.363 e. The lowest BCUT2D eigenvalue weighted by Gasteiger charge is -2.23. The third-order valence-corrected chi connectivity index (χ3v) is 6.44. The van der Waals surface area contributed by atoms with Gasteiger partial charge in [0.05, 0.1) is 20.6 Å². The van der Waals surface area contributed by atoms with Crippen molar-refractivity contribution in [1.29, 1.82) is 0 Å². The molecule has 0 fully saturated rings. The van der Waals surface area contributed by atoms with Crippen molar-refractivity contribution < 1.29 is 17.7 Å². The van der Waals surface area contributed by atoms with Gasteiger partial charge >= 0.3 is 0 Å². The number of nitrogens with zero attached hydrogens (tertiary/aromatic N) is 2. The van der Waals surface area contributed by atoms with E-state index in [4.69, 9.17) is 27.9 Å². The average molecular weight is 512 g/mol. The van der Waals surface area contributed by atoms with Gasteiger partial charge in [0, 0.05) is 42.2 Å². The molecule has 0 spiro atoms. The molecule has 3 rings (SSSR count). The predicted octanol–water partition coefficient (Wildman–Crippen LogP) is 5.71. The SMILES string of the molecule is COCN(c1cc(F)c(Br)cc1F)S(=O)c1cn(CCCl)c2cc(Cl)ccc12. The largest absolute Gasteiger partial charge is 0.363 e. The number of ether oxygens (including phenoxy) is 1. The molecule has 0 aliphatic rings. The topological polar surface area (TPSA) is 34.5 Å². The zero-order valence-corrected chi connectivity index (χ0v) is 18.5. The van der Waals surface area contributed by atoms with Crippen LogP contribution >= 0.6 is 39.1 Å². The zero-order chi connectivity index (χ0) is 20.4. The van der Waals surface area contributed by atoms with Crippen LogP contribution in [0.2, 0.25) is 5.02 Å². The first-order valence-corrected chi connectivity index (χ1v) is 10.9. The number of alkyl halides is 1. The fourth-order valence-electron chi connectivity index (χ4n) is 2.79. The summed E-state index contributed by atoms with van der Waals surface area (Å²) in [7, 11) is -0.499. The molecule has 0 amide bonds. The number of rotatable bonds is 7. The van der Waals surface area contributed by atoms with Crippen LogP contribution in [0.4, 0.5) is 14.5 Å². The molecule has 3 aromatic rings. The molecule has 1 atom stereocenters. The third kappa shape index (κ3) is 4.21. The average Bonchev–Trinajstić information content (AvgIpc) is 3.00. The molecular formula is C18H15BrCl2F2N2O2S. The van der Waals surface area contributed by atoms with Crippen LogP contribution in [0.25, 0.3) is 10.9 Å². The van der Waals surface area contributed by atoms with Crippen molar-refractivity contribution in [3.8, 4) is 0 Å². The first-order valence-electron chi connectivity index (χ1n) is 8.04. The maximum absolute atomic E-state index is 14.5. The normalized spacial score (nSPS) is 12.5. The van der Waals surface area contributed by atoms with Crippen LogP contribution in [0, 0.1) is 11.6 Å². The third-order valence-electron chi connectivity index (χ3n) is 4.03. The fourth-order valence-corrected chi connectivity index (χ4v) is 4.79. The van der Waals surface area contributed by atoms with Crippen LogP contribution in [0.3, 0.4) is 0 Å². The van der Waals surface area contributed by atoms with Gasteiger partial charge in [0.1, 0.15) is 18.4 Å². The Kier molecular flexibility index (Phi) is 6.98. The number of methoxy groups -OCH3 is 1. The summed E-state index contributed by atoms with van der Waals surface area (Å²) in [5.74, 6) is -1.06. The monoisotopic (exact) mass is 510 g/mol. The van der Waals surface area contributed by atoms with Crippen molar-refractivity contribution in [2.24, 2.45) is 0 Å². The highest BCUT2D eigenvalue weighted by atomic mass is 79.9. The molecule has 0 aliphatic heterocycles. The molecule has 1 heterocycles. The van der Waals surface area contributed by atoms with Crippen LogP contribution in [-0.4, -0.2) is 28.5 Å². The van der Waals surface area contributed by atoms with Gasteiger partial charge in [-0.2, -0.15) is 0 Å². The minimum atomic E-state index is -1.88. The molecule has 0 aliphatic carbocycles. The number of hydrogen-bond donors (Lipinski definition) is 0. The predicted molar refractivity (Wildman–Crippen MR) is 112 cm³/mol. The molecule has 0 saturated heterocycles. The van der Waals surface area contributed by atoms with Gasteiger partial charge in [-0.05, 0) is 34.1 Å². The van der Waals surface area contributed by atoms with E-state index in [0.717, 1.165) is 22.0 Å². The number of benzene rings is 2. The highest BCUT2D eigenvalue weighted by molar-refractivity contribution is 9.10. The van der Waals surface area contributed by atoms with Crippen LogP contribution in [-0.2, 0) is 22.3 Å². The number of fused-ring (bicyclic) bond motifs is 1. The van der Waals surface area contributed by atoms with Gasteiger partial charge in [0.15, 0.2) is 11.0 Å². The summed E-state index contributed by atoms with van der Waals surface area (Å²) < 4.78 is 49.9. The molecule has 4 nitrogen and oxygen atoms in total. The summed E-state index contributed by atoms with van der Waals surface area (Å²) in [6.07, 6.45) is 1.68. The van der Waals surface area contributed by atoms with Crippen molar-refractivity contribution in [1.82, 2.24) is 4.57 Å². The molecule has 0 N–H and O–H groups in total. The van der Waals surface area contributed by atoms with Crippen molar-refractivity contribution in [2.45, 2.75) is 11.4 Å². The number of halogens is 5. The van der Waals surface area contributed by atoms with Crippen molar-refractivity contribution in [3.63, 3.8) is 0 Å². The molecule has 0 radical (unpaired) electrons. The van der Waals surface area contributed by atoms with Gasteiger partial charge < -0.3 is 9.30 Å². The Morgan fingerprint density at radius 3 is 2.68 bits per heavy atom. The molecule has 1 aromatic heterocycles. The highest BCUT2D eigenvalue weighted by Gasteiger charge is 2.24. The fraction of sp³-hybridized carbons (Fsp3) is 0.222. The van der Waals surface area contributed by atoms with E-state index in [1.807, 2.05) is 4.57 Å². The molecule has 1 unspecified atom stereocenters. The second-order valence-corrected chi connectivity index (χ2v) is 8.85. The van der Waals surface area contributed by atoms with Crippen LogP contribution in [0.15, 0.2) is 45.9 Å². The van der Waals surface area contributed by atoms with E-state index in [1.165, 1.54) is 7.11 Å². The van der Waals surface area contributed by atoms with E-state index < -0.39 is 22.6 Å². The smallest absolute Gasteiger partial charge is 0.157 e. The van der Waals surface area contributed by atoms with E-state index in [1.54, 1.807) is 24.4 Å². The first-order chi connectivity index (χ1) is 13.4. The molecule has 10 heteroatoms. The standard InChI is InChI=1S/C18H15BrCl2F2N2O2S/c1-27-10-25(17-8-14(22)13(19)7-15(17)23)28(26)18-9-24(5-4-20)16-6-11(21)2-3-12(16)18/h2-3,6-9H,4-5,10H2,1H3. The summed E-state index contributed by atoms with van der Waals surface area (Å²) in [6, 6.07) is 7.12. The van der Waals surface area contributed by atoms with Crippen molar-refractivity contribution in [3.05, 3.63) is 57.7 Å². The summed E-state index contributed by atoms with van der Waals surface area (Å²) in [5, 5.41) is 1.19. The second-order valence-electron chi connectivity index (χ2n) is 5.80. The first kappa shape index (κ1) is 21.5. The molecule has 28 heavy (non-hydrogen) atoms. The Bertz CT molecular complexity index is 1050. The van der Waals surface area contributed by atoms with E-state index in [-0.39, 0.29) is 16.9 Å². The van der Waals surface area contributed by atoms with E-state index in [2.05, 4.69) is 15.9 Å². The van der Waals surface area contributed by atoms with Gasteiger partial charge in [0.2, 0.25) is 0 Å². The lowest BCUT2D eigenvalue weighted by Crippen LogP contribution is -2.29. The molecule has 150 valence electrons. The molecule has 2 aromatic carbocycles. The number of aryl methyl sites for hydroxylation is 1. The van der Waals surface area contributed by atoms with E-state index >= 15 is 0 Å². The van der Waals surface area contributed by atoms with Crippen molar-refractivity contribution >= 4 is 66.7 Å². The summed E-state index contributed by atoms with van der Waals surface area (Å²) in [5.41, 5.74) is 0.574. The van der Waals surface area contributed by atoms with E-state index in [0.29, 0.717) is 27.7 Å². The summed E-state index contributed by atoms with van der Waals surface area (Å²) in [6.45, 7) is 0.265. The Balaban J connectivity index is 2.14. The van der Waals surface area contributed by atoms with Crippen molar-refractivity contribution in [2.75, 3.05) is 24.0 Å². The minimum absolute atomic E-state index is 0.0229. The number of hydrogen-bond acceptors (Lipinski definition) is 2. The van der Waals surface area contributed by atoms with Gasteiger partial charge in [-0.1, -0.05) is 17.7 Å². The molecule has 0 bridgehead atoms. The van der Waals surface area contributed by atoms with Gasteiger partial charge in [-0.15, -0.1) is 11.6 Å². The summed E-state index contributed by atoms with van der Waals surface area (Å²) >= 11 is 14.9. The van der Waals surface area contributed by atoms with E-state index in [9.17, 15) is 13.0 Å². The Labute approximate surface area is 181 Å². The Morgan fingerprint density at radius 1 is 1.25 bits per heavy atom. The second kappa shape index (κ2) is 9.09. The van der Waals surface area contributed by atoms with Gasteiger partial charge in [-0.25, -0.2) is 13.0 Å². The number of anilines is 1. The molecular weight excluding hydrogens is 497 g/mol. The Morgan fingerprint density at radius 2 is 2.00 bits per heavy atom. The highest BCUT2D eigenvalue weighted by Crippen LogP contribution is 2.32. The lowest BCUT2D eigenvalue weighted by molar-refractivity contribution is 0.210.